The molecule has 1 aromatic rings. The molecule has 2 rings (SSSR count). The number of aliphatic carboxylic acids is 1. The van der Waals surface area contributed by atoms with E-state index in [1.54, 1.807) is 0 Å². The maximum Gasteiger partial charge on any atom is 0.303 e. The fourth-order valence-electron chi connectivity index (χ4n) is 2.08. The summed E-state index contributed by atoms with van der Waals surface area (Å²) in [7, 11) is 0. The van der Waals surface area contributed by atoms with Crippen LogP contribution in [0, 0.1) is 5.92 Å². The molecular weight excluding hydrogens is 210 g/mol. The fourth-order valence-corrected chi connectivity index (χ4v) is 2.08. The first-order valence-electron chi connectivity index (χ1n) is 5.43. The summed E-state index contributed by atoms with van der Waals surface area (Å²) < 4.78 is 4.93. The van der Waals surface area contributed by atoms with Crippen LogP contribution in [-0.2, 0) is 11.3 Å². The SMILES string of the molecule is O=C(O)CCC1CCN(Cc2ncno2)C1. The van der Waals surface area contributed by atoms with Gasteiger partial charge < -0.3 is 9.63 Å². The smallest absolute Gasteiger partial charge is 0.303 e. The number of carboxylic acids is 1. The van der Waals surface area contributed by atoms with Gasteiger partial charge in [-0.1, -0.05) is 5.16 Å². The summed E-state index contributed by atoms with van der Waals surface area (Å²) in [5, 5.41) is 12.2. The van der Waals surface area contributed by atoms with Gasteiger partial charge in [0.2, 0.25) is 5.89 Å². The maximum absolute atomic E-state index is 10.4. The van der Waals surface area contributed by atoms with E-state index in [0.29, 0.717) is 18.4 Å². The summed E-state index contributed by atoms with van der Waals surface area (Å²) in [4.78, 5) is 16.6. The Kier molecular flexibility index (Phi) is 3.51. The molecule has 1 unspecified atom stereocenters. The van der Waals surface area contributed by atoms with Gasteiger partial charge in [-0.15, -0.1) is 0 Å². The normalized spacial score (nSPS) is 21.4. The van der Waals surface area contributed by atoms with Crippen LogP contribution in [0.1, 0.15) is 25.2 Å². The van der Waals surface area contributed by atoms with Crippen LogP contribution in [0.25, 0.3) is 0 Å². The van der Waals surface area contributed by atoms with Crippen molar-refractivity contribution in [2.45, 2.75) is 25.8 Å². The van der Waals surface area contributed by atoms with E-state index in [0.717, 1.165) is 25.9 Å². The molecular formula is C10H15N3O3. The molecule has 2 heterocycles. The van der Waals surface area contributed by atoms with Crippen LogP contribution in [-0.4, -0.2) is 39.2 Å². The summed E-state index contributed by atoms with van der Waals surface area (Å²) in [5.41, 5.74) is 0. The Balaban J connectivity index is 1.73. The molecule has 0 aliphatic carbocycles. The molecule has 1 aliphatic heterocycles. The van der Waals surface area contributed by atoms with Crippen molar-refractivity contribution in [2.24, 2.45) is 5.92 Å². The van der Waals surface area contributed by atoms with E-state index in [1.165, 1.54) is 6.33 Å². The quantitative estimate of drug-likeness (QED) is 0.796. The minimum absolute atomic E-state index is 0.263. The van der Waals surface area contributed by atoms with E-state index in [-0.39, 0.29) is 6.42 Å². The van der Waals surface area contributed by atoms with Crippen LogP contribution >= 0.6 is 0 Å². The molecule has 16 heavy (non-hydrogen) atoms. The fraction of sp³-hybridized carbons (Fsp3) is 0.700. The van der Waals surface area contributed by atoms with Crippen molar-refractivity contribution in [1.82, 2.24) is 15.0 Å². The highest BCUT2D eigenvalue weighted by Gasteiger charge is 2.23. The zero-order chi connectivity index (χ0) is 11.4. The molecule has 1 aromatic heterocycles. The molecule has 1 N–H and O–H groups in total. The Morgan fingerprint density at radius 1 is 1.69 bits per heavy atom. The Morgan fingerprint density at radius 2 is 2.56 bits per heavy atom. The second kappa shape index (κ2) is 5.07. The van der Waals surface area contributed by atoms with Gasteiger partial charge >= 0.3 is 5.97 Å². The van der Waals surface area contributed by atoms with Crippen molar-refractivity contribution in [2.75, 3.05) is 13.1 Å². The van der Waals surface area contributed by atoms with Gasteiger partial charge in [0, 0.05) is 13.0 Å². The molecule has 0 saturated carbocycles. The van der Waals surface area contributed by atoms with Crippen LogP contribution in [0.5, 0.6) is 0 Å². The average molecular weight is 225 g/mol. The van der Waals surface area contributed by atoms with Crippen LogP contribution in [0.4, 0.5) is 0 Å². The van der Waals surface area contributed by atoms with Crippen molar-refractivity contribution >= 4 is 5.97 Å². The Morgan fingerprint density at radius 3 is 3.25 bits per heavy atom. The van der Waals surface area contributed by atoms with E-state index in [4.69, 9.17) is 9.63 Å². The molecule has 1 aliphatic rings. The van der Waals surface area contributed by atoms with Crippen molar-refractivity contribution in [3.05, 3.63) is 12.2 Å². The lowest BCUT2D eigenvalue weighted by Gasteiger charge is -2.12. The molecule has 88 valence electrons. The molecule has 0 spiro atoms. The van der Waals surface area contributed by atoms with Gasteiger partial charge in [0.1, 0.15) is 0 Å². The van der Waals surface area contributed by atoms with Gasteiger partial charge in [0.05, 0.1) is 6.54 Å². The van der Waals surface area contributed by atoms with Gasteiger partial charge in [0.15, 0.2) is 6.33 Å². The Bertz CT molecular complexity index is 339. The predicted octanol–water partition coefficient (Wildman–Crippen LogP) is 0.756. The van der Waals surface area contributed by atoms with E-state index >= 15 is 0 Å². The standard InChI is InChI=1S/C10H15N3O3/c14-10(15)2-1-8-3-4-13(5-8)6-9-11-7-12-16-9/h7-8H,1-6H2,(H,14,15). The van der Waals surface area contributed by atoms with Crippen molar-refractivity contribution < 1.29 is 14.4 Å². The van der Waals surface area contributed by atoms with E-state index < -0.39 is 5.97 Å². The minimum atomic E-state index is -0.713. The van der Waals surface area contributed by atoms with Crippen molar-refractivity contribution in [1.29, 1.82) is 0 Å². The average Bonchev–Trinajstić information content (AvgIpc) is 2.87. The van der Waals surface area contributed by atoms with Crippen molar-refractivity contribution in [3.8, 4) is 0 Å². The largest absolute Gasteiger partial charge is 0.481 e. The molecule has 0 bridgehead atoms. The lowest BCUT2D eigenvalue weighted by atomic mass is 10.0. The highest BCUT2D eigenvalue weighted by atomic mass is 16.5. The number of likely N-dealkylation sites (tertiary alicyclic amines) is 1. The summed E-state index contributed by atoms with van der Waals surface area (Å²) in [6, 6.07) is 0. The highest BCUT2D eigenvalue weighted by molar-refractivity contribution is 5.66. The Labute approximate surface area is 93.2 Å². The van der Waals surface area contributed by atoms with Gasteiger partial charge in [-0.05, 0) is 25.3 Å². The third-order valence-electron chi connectivity index (χ3n) is 2.90. The minimum Gasteiger partial charge on any atom is -0.481 e. The van der Waals surface area contributed by atoms with Crippen molar-refractivity contribution in [3.63, 3.8) is 0 Å². The second-order valence-corrected chi connectivity index (χ2v) is 4.16. The zero-order valence-corrected chi connectivity index (χ0v) is 9.00. The topological polar surface area (TPSA) is 79.5 Å². The molecule has 1 atom stereocenters. The summed E-state index contributed by atoms with van der Waals surface area (Å²) in [6.07, 6.45) is 3.48. The molecule has 6 nitrogen and oxygen atoms in total. The van der Waals surface area contributed by atoms with E-state index in [9.17, 15) is 4.79 Å². The monoisotopic (exact) mass is 225 g/mol. The zero-order valence-electron chi connectivity index (χ0n) is 9.00. The van der Waals surface area contributed by atoms with Crippen LogP contribution in [0.3, 0.4) is 0 Å². The van der Waals surface area contributed by atoms with E-state index in [2.05, 4.69) is 15.0 Å². The van der Waals surface area contributed by atoms with Crippen LogP contribution < -0.4 is 0 Å². The molecule has 6 heteroatoms. The third-order valence-corrected chi connectivity index (χ3v) is 2.90. The summed E-state index contributed by atoms with van der Waals surface area (Å²) >= 11 is 0. The second-order valence-electron chi connectivity index (χ2n) is 4.16. The molecule has 0 aromatic carbocycles. The number of carboxylic acid groups (broad SMARTS) is 1. The first-order valence-corrected chi connectivity index (χ1v) is 5.43. The summed E-state index contributed by atoms with van der Waals surface area (Å²) in [5.74, 6) is 0.397. The maximum atomic E-state index is 10.4. The lowest BCUT2D eigenvalue weighted by molar-refractivity contribution is -0.137. The Hall–Kier alpha value is -1.43. The van der Waals surface area contributed by atoms with Crippen LogP contribution in [0.2, 0.25) is 0 Å². The number of carbonyl (C=O) groups is 1. The number of aromatic nitrogens is 2. The van der Waals surface area contributed by atoms with Gasteiger partial charge in [-0.3, -0.25) is 9.69 Å². The highest BCUT2D eigenvalue weighted by Crippen LogP contribution is 2.22. The van der Waals surface area contributed by atoms with Gasteiger partial charge in [-0.25, -0.2) is 0 Å². The third kappa shape index (κ3) is 3.03. The molecule has 0 radical (unpaired) electrons. The van der Waals surface area contributed by atoms with Gasteiger partial charge in [-0.2, -0.15) is 4.98 Å². The molecule has 1 saturated heterocycles. The predicted molar refractivity (Wildman–Crippen MR) is 54.6 cm³/mol. The van der Waals surface area contributed by atoms with Crippen LogP contribution in [0.15, 0.2) is 10.9 Å². The molecule has 0 amide bonds. The first kappa shape index (κ1) is 11.1. The number of hydrogen-bond donors (Lipinski definition) is 1. The summed E-state index contributed by atoms with van der Waals surface area (Å²) in [6.45, 7) is 2.58. The van der Waals surface area contributed by atoms with E-state index in [1.807, 2.05) is 0 Å². The number of hydrogen-bond acceptors (Lipinski definition) is 5. The first-order chi connectivity index (χ1) is 7.74. The van der Waals surface area contributed by atoms with Gasteiger partial charge in [0.25, 0.3) is 0 Å². The lowest BCUT2D eigenvalue weighted by Crippen LogP contribution is -2.20. The number of nitrogens with zero attached hydrogens (tertiary/aromatic N) is 3. The number of rotatable bonds is 5. The molecule has 1 fully saturated rings.